The first-order valence-corrected chi connectivity index (χ1v) is 11.4. The number of aromatic nitrogens is 6. The van der Waals surface area contributed by atoms with Gasteiger partial charge in [0.25, 0.3) is 0 Å². The van der Waals surface area contributed by atoms with Crippen molar-refractivity contribution in [3.63, 3.8) is 0 Å². The molecule has 0 bridgehead atoms. The highest BCUT2D eigenvalue weighted by molar-refractivity contribution is 5.80. The van der Waals surface area contributed by atoms with Crippen molar-refractivity contribution in [2.75, 3.05) is 24.6 Å². The minimum atomic E-state index is -0.190. The van der Waals surface area contributed by atoms with Gasteiger partial charge in [-0.15, -0.1) is 0 Å². The molecule has 1 aromatic carbocycles. The molecule has 5 heterocycles. The van der Waals surface area contributed by atoms with Gasteiger partial charge in [0.2, 0.25) is 0 Å². The number of nitrogens with two attached hydrogens (primary N) is 1. The molecule has 3 aromatic heterocycles. The SMILES string of the molecule is C[C@@H]1OCC2(CCN(c3nc4cnn(-c5ccc6c(c5)ncn6C)c4nc3CO)CC2)[C@@H]1N. The van der Waals surface area contributed by atoms with Gasteiger partial charge in [0, 0.05) is 31.6 Å². The van der Waals surface area contributed by atoms with E-state index in [1.807, 2.05) is 29.8 Å². The van der Waals surface area contributed by atoms with Gasteiger partial charge in [-0.2, -0.15) is 5.10 Å². The number of aliphatic hydroxyl groups excluding tert-OH is 1. The smallest absolute Gasteiger partial charge is 0.182 e. The number of nitrogens with zero attached hydrogens (tertiary/aromatic N) is 7. The van der Waals surface area contributed by atoms with Crippen LogP contribution in [0, 0.1) is 5.41 Å². The van der Waals surface area contributed by atoms with E-state index >= 15 is 0 Å². The van der Waals surface area contributed by atoms with Gasteiger partial charge < -0.3 is 25.0 Å². The van der Waals surface area contributed by atoms with Crippen LogP contribution in [0.4, 0.5) is 5.82 Å². The van der Waals surface area contributed by atoms with E-state index in [0.717, 1.165) is 48.5 Å². The normalized spacial score (nSPS) is 22.7. The number of piperidine rings is 1. The van der Waals surface area contributed by atoms with Crippen molar-refractivity contribution in [1.82, 2.24) is 29.3 Å². The molecule has 33 heavy (non-hydrogen) atoms. The molecular weight excluding hydrogens is 420 g/mol. The van der Waals surface area contributed by atoms with Gasteiger partial charge in [-0.3, -0.25) is 0 Å². The molecule has 4 aromatic rings. The number of hydrogen-bond acceptors (Lipinski definition) is 8. The molecule has 172 valence electrons. The number of imidazole rings is 1. The van der Waals surface area contributed by atoms with Crippen molar-refractivity contribution in [3.8, 4) is 5.69 Å². The van der Waals surface area contributed by atoms with Crippen molar-refractivity contribution in [2.45, 2.75) is 38.5 Å². The molecule has 2 fully saturated rings. The number of benzene rings is 1. The molecule has 0 aliphatic carbocycles. The van der Waals surface area contributed by atoms with Crippen LogP contribution >= 0.6 is 0 Å². The summed E-state index contributed by atoms with van der Waals surface area (Å²) in [5.41, 5.74) is 11.1. The Labute approximate surface area is 191 Å². The number of rotatable bonds is 3. The second kappa shape index (κ2) is 7.47. The van der Waals surface area contributed by atoms with Crippen LogP contribution in [-0.4, -0.2) is 66.2 Å². The minimum absolute atomic E-state index is 0.0296. The molecule has 0 unspecified atom stereocenters. The summed E-state index contributed by atoms with van der Waals surface area (Å²) in [6, 6.07) is 6.04. The lowest BCUT2D eigenvalue weighted by Crippen LogP contribution is -2.51. The van der Waals surface area contributed by atoms with E-state index in [1.165, 1.54) is 0 Å². The topological polar surface area (TPSA) is 120 Å². The average molecular weight is 449 g/mol. The average Bonchev–Trinajstić information content (AvgIpc) is 3.51. The molecule has 3 N–H and O–H groups in total. The quantitative estimate of drug-likeness (QED) is 0.484. The summed E-state index contributed by atoms with van der Waals surface area (Å²) in [7, 11) is 1.97. The molecule has 0 amide bonds. The summed E-state index contributed by atoms with van der Waals surface area (Å²) in [5.74, 6) is 0.722. The molecule has 2 aliphatic rings. The fraction of sp³-hybridized carbons (Fsp3) is 0.478. The van der Waals surface area contributed by atoms with Crippen LogP contribution < -0.4 is 10.6 Å². The van der Waals surface area contributed by atoms with Gasteiger partial charge in [-0.25, -0.2) is 19.6 Å². The second-order valence-corrected chi connectivity index (χ2v) is 9.34. The van der Waals surface area contributed by atoms with Gasteiger partial charge >= 0.3 is 0 Å². The van der Waals surface area contributed by atoms with Gasteiger partial charge in [0.05, 0.1) is 48.6 Å². The van der Waals surface area contributed by atoms with Crippen LogP contribution in [0.2, 0.25) is 0 Å². The predicted molar refractivity (Wildman–Crippen MR) is 124 cm³/mol. The summed E-state index contributed by atoms with van der Waals surface area (Å²) >= 11 is 0. The van der Waals surface area contributed by atoms with Crippen molar-refractivity contribution < 1.29 is 9.84 Å². The lowest BCUT2D eigenvalue weighted by atomic mass is 9.73. The van der Waals surface area contributed by atoms with E-state index in [1.54, 1.807) is 17.2 Å². The van der Waals surface area contributed by atoms with Crippen LogP contribution in [0.3, 0.4) is 0 Å². The number of aliphatic hydroxyl groups is 1. The first kappa shape index (κ1) is 20.5. The first-order valence-electron chi connectivity index (χ1n) is 11.4. The van der Waals surface area contributed by atoms with E-state index in [-0.39, 0.29) is 24.2 Å². The van der Waals surface area contributed by atoms with Gasteiger partial charge in [-0.05, 0) is 38.0 Å². The van der Waals surface area contributed by atoms with Gasteiger partial charge in [0.1, 0.15) is 11.2 Å². The molecule has 10 heteroatoms. The van der Waals surface area contributed by atoms with Crippen LogP contribution in [0.5, 0.6) is 0 Å². The maximum absolute atomic E-state index is 10.1. The number of aryl methyl sites for hydroxylation is 1. The molecule has 1 spiro atoms. The van der Waals surface area contributed by atoms with E-state index < -0.39 is 0 Å². The molecular formula is C23H28N8O2. The van der Waals surface area contributed by atoms with E-state index in [9.17, 15) is 5.11 Å². The Morgan fingerprint density at radius 2 is 2.03 bits per heavy atom. The molecule has 2 saturated heterocycles. The molecule has 6 rings (SSSR count). The predicted octanol–water partition coefficient (Wildman–Crippen LogP) is 1.53. The standard InChI is InChI=1S/C23H28N8O2/c1-14-20(24)23(12-33-14)5-7-30(8-6-23)21-18(11-32)28-22-17(27-21)10-26-31(22)15-3-4-19-16(9-15)25-13-29(19)2/h3-4,9-10,13-14,20,32H,5-8,11-12,24H2,1-2H3/t14-,20+/m0/s1. The number of fused-ring (bicyclic) bond motifs is 2. The van der Waals surface area contributed by atoms with Crippen molar-refractivity contribution in [2.24, 2.45) is 18.2 Å². The fourth-order valence-corrected chi connectivity index (χ4v) is 5.31. The molecule has 2 atom stereocenters. The number of ether oxygens (including phenoxy) is 1. The van der Waals surface area contributed by atoms with Crippen molar-refractivity contribution >= 4 is 28.0 Å². The van der Waals surface area contributed by atoms with E-state index in [2.05, 4.69) is 21.9 Å². The Kier molecular flexibility index (Phi) is 4.65. The number of hydrogen-bond donors (Lipinski definition) is 2. The van der Waals surface area contributed by atoms with E-state index in [0.29, 0.717) is 23.5 Å². The summed E-state index contributed by atoms with van der Waals surface area (Å²) in [4.78, 5) is 16.3. The molecule has 0 saturated carbocycles. The maximum atomic E-state index is 10.1. The summed E-state index contributed by atoms with van der Waals surface area (Å²) in [6.07, 6.45) is 5.49. The maximum Gasteiger partial charge on any atom is 0.182 e. The van der Waals surface area contributed by atoms with Crippen LogP contribution in [0.25, 0.3) is 27.9 Å². The van der Waals surface area contributed by atoms with Crippen LogP contribution in [0.1, 0.15) is 25.5 Å². The summed E-state index contributed by atoms with van der Waals surface area (Å²) in [5, 5.41) is 14.7. The summed E-state index contributed by atoms with van der Waals surface area (Å²) < 4.78 is 9.57. The first-order chi connectivity index (χ1) is 16.0. The third-order valence-electron chi connectivity index (χ3n) is 7.46. The Morgan fingerprint density at radius 3 is 2.76 bits per heavy atom. The highest BCUT2D eigenvalue weighted by Gasteiger charge is 2.47. The minimum Gasteiger partial charge on any atom is -0.390 e. The zero-order valence-electron chi connectivity index (χ0n) is 18.8. The Morgan fingerprint density at radius 1 is 1.21 bits per heavy atom. The third-order valence-corrected chi connectivity index (χ3v) is 7.46. The van der Waals surface area contributed by atoms with Crippen LogP contribution in [0.15, 0.2) is 30.7 Å². The monoisotopic (exact) mass is 448 g/mol. The highest BCUT2D eigenvalue weighted by Crippen LogP contribution is 2.42. The van der Waals surface area contributed by atoms with Crippen molar-refractivity contribution in [1.29, 1.82) is 0 Å². The van der Waals surface area contributed by atoms with Crippen molar-refractivity contribution in [3.05, 3.63) is 36.4 Å². The van der Waals surface area contributed by atoms with Gasteiger partial charge in [-0.1, -0.05) is 0 Å². The Hall–Kier alpha value is -3.08. The Balaban J connectivity index is 1.33. The van der Waals surface area contributed by atoms with Crippen LogP contribution in [-0.2, 0) is 18.4 Å². The third kappa shape index (κ3) is 3.12. The lowest BCUT2D eigenvalue weighted by molar-refractivity contribution is 0.0973. The molecule has 0 radical (unpaired) electrons. The highest BCUT2D eigenvalue weighted by atomic mass is 16.5. The lowest BCUT2D eigenvalue weighted by Gasteiger charge is -2.41. The number of anilines is 1. The summed E-state index contributed by atoms with van der Waals surface area (Å²) in [6.45, 7) is 4.19. The zero-order valence-corrected chi connectivity index (χ0v) is 18.8. The second-order valence-electron chi connectivity index (χ2n) is 9.34. The fourth-order valence-electron chi connectivity index (χ4n) is 5.31. The molecule has 10 nitrogen and oxygen atoms in total. The molecule has 2 aliphatic heterocycles. The zero-order chi connectivity index (χ0) is 22.7. The Bertz CT molecular complexity index is 1340. The largest absolute Gasteiger partial charge is 0.390 e. The van der Waals surface area contributed by atoms with E-state index in [4.69, 9.17) is 20.4 Å². The van der Waals surface area contributed by atoms with Gasteiger partial charge in [0.15, 0.2) is 11.5 Å².